The lowest BCUT2D eigenvalue weighted by molar-refractivity contribution is 0.0946. The van der Waals surface area contributed by atoms with Gasteiger partial charge in [0, 0.05) is 24.8 Å². The Labute approximate surface area is 178 Å². The van der Waals surface area contributed by atoms with Crippen molar-refractivity contribution in [3.05, 3.63) is 35.7 Å². The fraction of sp³-hybridized carbons (Fsp3) is 0.381. The monoisotopic (exact) mass is 418 g/mol. The smallest absolute Gasteiger partial charge is 0.329 e. The van der Waals surface area contributed by atoms with E-state index in [9.17, 15) is 9.59 Å². The number of nitrogens with one attached hydrogen (secondary N) is 3. The average Bonchev–Trinajstić information content (AvgIpc) is 3.35. The van der Waals surface area contributed by atoms with Gasteiger partial charge in [-0.1, -0.05) is 0 Å². The molecule has 10 heteroatoms. The quantitative estimate of drug-likeness (QED) is 0.600. The van der Waals surface area contributed by atoms with Gasteiger partial charge in [-0.25, -0.2) is 14.8 Å². The SMILES string of the molecule is Cc1ccc2c(NC(=O)N3c4nc(C(=O)NC5CC5)ccc4N4CCC3C4)n[nH]c2n1. The van der Waals surface area contributed by atoms with E-state index in [1.807, 2.05) is 25.1 Å². The van der Waals surface area contributed by atoms with Gasteiger partial charge in [-0.3, -0.25) is 20.1 Å². The summed E-state index contributed by atoms with van der Waals surface area (Å²) in [6, 6.07) is 7.32. The molecule has 2 fully saturated rings. The summed E-state index contributed by atoms with van der Waals surface area (Å²) in [7, 11) is 0. The van der Waals surface area contributed by atoms with Crippen LogP contribution in [-0.4, -0.2) is 57.3 Å². The molecule has 0 radical (unpaired) electrons. The van der Waals surface area contributed by atoms with Crippen LogP contribution in [0, 0.1) is 6.92 Å². The molecular weight excluding hydrogens is 396 g/mol. The molecule has 5 heterocycles. The number of amides is 3. The van der Waals surface area contributed by atoms with E-state index in [1.165, 1.54) is 0 Å². The van der Waals surface area contributed by atoms with Gasteiger partial charge in [0.2, 0.25) is 0 Å². The maximum absolute atomic E-state index is 13.4. The Balaban J connectivity index is 1.33. The highest BCUT2D eigenvalue weighted by molar-refractivity contribution is 6.08. The lowest BCUT2D eigenvalue weighted by Gasteiger charge is -2.35. The molecule has 1 aliphatic carbocycles. The van der Waals surface area contributed by atoms with Gasteiger partial charge >= 0.3 is 6.03 Å². The number of fused-ring (bicyclic) bond motifs is 5. The highest BCUT2D eigenvalue weighted by atomic mass is 16.2. The van der Waals surface area contributed by atoms with Crippen molar-refractivity contribution in [2.75, 3.05) is 28.2 Å². The van der Waals surface area contributed by atoms with Crippen molar-refractivity contribution in [2.45, 2.75) is 38.3 Å². The zero-order valence-electron chi connectivity index (χ0n) is 17.1. The molecule has 31 heavy (non-hydrogen) atoms. The number of rotatable bonds is 3. The van der Waals surface area contributed by atoms with Gasteiger partial charge in [-0.2, -0.15) is 5.10 Å². The molecule has 0 spiro atoms. The second kappa shape index (κ2) is 6.66. The first-order chi connectivity index (χ1) is 15.1. The number of carbonyl (C=O) groups is 2. The molecule has 1 saturated carbocycles. The molecule has 1 atom stereocenters. The Kier molecular flexibility index (Phi) is 3.89. The fourth-order valence-corrected chi connectivity index (χ4v) is 4.34. The Morgan fingerprint density at radius 3 is 2.84 bits per heavy atom. The third kappa shape index (κ3) is 3.06. The molecule has 6 rings (SSSR count). The van der Waals surface area contributed by atoms with Crippen LogP contribution in [0.1, 0.15) is 35.4 Å². The van der Waals surface area contributed by atoms with Crippen molar-refractivity contribution in [2.24, 2.45) is 0 Å². The number of carbonyl (C=O) groups excluding carboxylic acids is 2. The molecule has 3 aromatic heterocycles. The fourth-order valence-electron chi connectivity index (χ4n) is 4.34. The Hall–Kier alpha value is -3.69. The second-order valence-corrected chi connectivity index (χ2v) is 8.40. The molecule has 3 aliphatic rings. The lowest BCUT2D eigenvalue weighted by Crippen LogP contribution is -2.48. The predicted octanol–water partition coefficient (Wildman–Crippen LogP) is 2.18. The maximum atomic E-state index is 13.4. The highest BCUT2D eigenvalue weighted by Crippen LogP contribution is 2.39. The summed E-state index contributed by atoms with van der Waals surface area (Å²) in [5.74, 6) is 0.749. The van der Waals surface area contributed by atoms with Crippen LogP contribution in [0.25, 0.3) is 11.0 Å². The third-order valence-electron chi connectivity index (χ3n) is 6.10. The molecule has 10 nitrogen and oxygen atoms in total. The van der Waals surface area contributed by atoms with E-state index in [-0.39, 0.29) is 24.0 Å². The normalized spacial score (nSPS) is 19.5. The van der Waals surface area contributed by atoms with E-state index < -0.39 is 0 Å². The van der Waals surface area contributed by atoms with Crippen LogP contribution in [0.4, 0.5) is 22.1 Å². The Morgan fingerprint density at radius 1 is 1.13 bits per heavy atom. The number of aromatic nitrogens is 4. The zero-order chi connectivity index (χ0) is 21.1. The van der Waals surface area contributed by atoms with Gasteiger partial charge in [-0.05, 0) is 50.5 Å². The first kappa shape index (κ1) is 18.1. The Bertz CT molecular complexity index is 1220. The molecule has 3 N–H and O–H groups in total. The standard InChI is InChI=1S/C21H22N8O2/c1-11-2-5-14-17(22-11)26-27-18(14)25-21(31)29-13-8-9-28(10-13)16-7-6-15(24-19(16)29)20(30)23-12-3-4-12/h2,5-7,12-13H,3-4,8-10H2,1H3,(H,23,30)(H2,22,25,26,27,31). The van der Waals surface area contributed by atoms with Gasteiger partial charge in [0.25, 0.3) is 5.91 Å². The first-order valence-corrected chi connectivity index (χ1v) is 10.6. The largest absolute Gasteiger partial charge is 0.366 e. The Morgan fingerprint density at radius 2 is 2.00 bits per heavy atom. The number of anilines is 3. The van der Waals surface area contributed by atoms with Crippen LogP contribution in [0.5, 0.6) is 0 Å². The minimum atomic E-state index is -0.311. The number of nitrogens with zero attached hydrogens (tertiary/aromatic N) is 5. The van der Waals surface area contributed by atoms with E-state index in [0.29, 0.717) is 23.0 Å². The topological polar surface area (TPSA) is 119 Å². The van der Waals surface area contributed by atoms with Gasteiger partial charge < -0.3 is 10.2 Å². The summed E-state index contributed by atoms with van der Waals surface area (Å²) in [6.07, 6.45) is 2.86. The van der Waals surface area contributed by atoms with Crippen LogP contribution < -0.4 is 20.4 Å². The summed E-state index contributed by atoms with van der Waals surface area (Å²) >= 11 is 0. The average molecular weight is 418 g/mol. The van der Waals surface area contributed by atoms with Crippen LogP contribution >= 0.6 is 0 Å². The number of aryl methyl sites for hydroxylation is 1. The number of H-pyrrole nitrogens is 1. The van der Waals surface area contributed by atoms with Crippen LogP contribution in [0.2, 0.25) is 0 Å². The summed E-state index contributed by atoms with van der Waals surface area (Å²) < 4.78 is 0. The first-order valence-electron chi connectivity index (χ1n) is 10.6. The van der Waals surface area contributed by atoms with Crippen LogP contribution in [0.3, 0.4) is 0 Å². The van der Waals surface area contributed by atoms with Crippen LogP contribution in [-0.2, 0) is 0 Å². The van der Waals surface area contributed by atoms with Crippen molar-refractivity contribution >= 4 is 40.3 Å². The summed E-state index contributed by atoms with van der Waals surface area (Å²) in [5, 5.41) is 13.7. The van der Waals surface area contributed by atoms with Crippen molar-refractivity contribution < 1.29 is 9.59 Å². The number of hydrogen-bond donors (Lipinski definition) is 3. The van der Waals surface area contributed by atoms with Gasteiger partial charge in [0.1, 0.15) is 5.69 Å². The van der Waals surface area contributed by atoms with Crippen molar-refractivity contribution in [3.63, 3.8) is 0 Å². The minimum Gasteiger partial charge on any atom is -0.366 e. The van der Waals surface area contributed by atoms with E-state index in [1.54, 1.807) is 11.0 Å². The summed E-state index contributed by atoms with van der Waals surface area (Å²) in [5.41, 5.74) is 2.69. The van der Waals surface area contributed by atoms with E-state index in [0.717, 1.165) is 49.1 Å². The molecule has 0 aromatic carbocycles. The van der Waals surface area contributed by atoms with Crippen LogP contribution in [0.15, 0.2) is 24.3 Å². The van der Waals surface area contributed by atoms with Gasteiger partial charge in [-0.15, -0.1) is 0 Å². The lowest BCUT2D eigenvalue weighted by atomic mass is 10.1. The highest BCUT2D eigenvalue weighted by Gasteiger charge is 2.41. The second-order valence-electron chi connectivity index (χ2n) is 8.40. The number of pyridine rings is 2. The van der Waals surface area contributed by atoms with Gasteiger partial charge in [0.15, 0.2) is 17.3 Å². The molecule has 1 saturated heterocycles. The zero-order valence-corrected chi connectivity index (χ0v) is 17.1. The summed E-state index contributed by atoms with van der Waals surface area (Å²) in [4.78, 5) is 38.8. The number of urea groups is 1. The number of hydrogen-bond acceptors (Lipinski definition) is 6. The molecule has 2 aliphatic heterocycles. The van der Waals surface area contributed by atoms with E-state index in [2.05, 4.69) is 35.7 Å². The molecule has 158 valence electrons. The molecule has 1 unspecified atom stereocenters. The summed E-state index contributed by atoms with van der Waals surface area (Å²) in [6.45, 7) is 3.50. The maximum Gasteiger partial charge on any atom is 0.329 e. The van der Waals surface area contributed by atoms with Crippen molar-refractivity contribution in [1.29, 1.82) is 0 Å². The predicted molar refractivity (Wildman–Crippen MR) is 115 cm³/mol. The number of aromatic amines is 1. The third-order valence-corrected chi connectivity index (χ3v) is 6.10. The molecule has 3 aromatic rings. The molecule has 2 bridgehead atoms. The van der Waals surface area contributed by atoms with Crippen molar-refractivity contribution in [3.8, 4) is 0 Å². The van der Waals surface area contributed by atoms with Gasteiger partial charge in [0.05, 0.1) is 17.1 Å². The molecule has 3 amide bonds. The van der Waals surface area contributed by atoms with E-state index >= 15 is 0 Å². The van der Waals surface area contributed by atoms with E-state index in [4.69, 9.17) is 0 Å². The van der Waals surface area contributed by atoms with Crippen molar-refractivity contribution in [1.82, 2.24) is 25.5 Å². The molecular formula is C21H22N8O2. The minimum absolute atomic E-state index is 0.00711.